The van der Waals surface area contributed by atoms with Gasteiger partial charge in [0.15, 0.2) is 0 Å². The Kier molecular flexibility index (Phi) is 4.04. The molecule has 0 unspecified atom stereocenters. The van der Waals surface area contributed by atoms with Crippen LogP contribution in [0, 0.1) is 0 Å². The highest BCUT2D eigenvalue weighted by molar-refractivity contribution is 5.62. The molecule has 112 valence electrons. The summed E-state index contributed by atoms with van der Waals surface area (Å²) >= 11 is 0. The van der Waals surface area contributed by atoms with E-state index in [2.05, 4.69) is 82.6 Å². The lowest BCUT2D eigenvalue weighted by molar-refractivity contribution is 0.396. The van der Waals surface area contributed by atoms with E-state index in [0.29, 0.717) is 0 Å². The molecule has 21 heavy (non-hydrogen) atoms. The maximum Gasteiger partial charge on any atom is 0.0941 e. The molecular weight excluding hydrogens is 260 g/mol. The van der Waals surface area contributed by atoms with Crippen LogP contribution in [0.15, 0.2) is 49.1 Å². The van der Waals surface area contributed by atoms with E-state index < -0.39 is 0 Å². The molecule has 4 heteroatoms. The molecule has 0 radical (unpaired) electrons. The van der Waals surface area contributed by atoms with Crippen molar-refractivity contribution in [1.29, 1.82) is 0 Å². The predicted octanol–water partition coefficient (Wildman–Crippen LogP) is 3.22. The van der Waals surface area contributed by atoms with Gasteiger partial charge >= 0.3 is 0 Å². The van der Waals surface area contributed by atoms with E-state index in [4.69, 9.17) is 0 Å². The molecule has 0 N–H and O–H groups in total. The summed E-state index contributed by atoms with van der Waals surface area (Å²) in [5.41, 5.74) is 2.50. The third kappa shape index (κ3) is 3.15. The fourth-order valence-corrected chi connectivity index (χ4v) is 2.69. The van der Waals surface area contributed by atoms with Gasteiger partial charge in [-0.05, 0) is 24.6 Å². The van der Waals surface area contributed by atoms with Crippen LogP contribution in [-0.4, -0.2) is 36.7 Å². The fraction of sp³-hybridized carbons (Fsp3) is 0.412. The van der Waals surface area contributed by atoms with E-state index in [1.807, 2.05) is 0 Å². The number of unbranched alkanes of at least 4 members (excludes halogenated alkanes) is 1. The van der Waals surface area contributed by atoms with E-state index in [1.165, 1.54) is 24.2 Å². The molecule has 0 aromatic heterocycles. The smallest absolute Gasteiger partial charge is 0.0941 e. The Balaban J connectivity index is 1.67. The van der Waals surface area contributed by atoms with Gasteiger partial charge in [0.05, 0.1) is 13.3 Å². The predicted molar refractivity (Wildman–Crippen MR) is 88.8 cm³/mol. The number of hydrogen-bond acceptors (Lipinski definition) is 4. The first-order chi connectivity index (χ1) is 10.3. The summed E-state index contributed by atoms with van der Waals surface area (Å²) in [6, 6.07) is 8.75. The maximum absolute atomic E-state index is 2.37. The molecule has 0 saturated carbocycles. The molecule has 2 aliphatic heterocycles. The average molecular weight is 284 g/mol. The van der Waals surface area contributed by atoms with Crippen molar-refractivity contribution < 1.29 is 0 Å². The van der Waals surface area contributed by atoms with Crippen molar-refractivity contribution in [2.24, 2.45) is 0 Å². The first-order valence-electron chi connectivity index (χ1n) is 7.70. The largest absolute Gasteiger partial charge is 0.361 e. The third-order valence-corrected chi connectivity index (χ3v) is 3.96. The lowest BCUT2D eigenvalue weighted by Gasteiger charge is -2.23. The average Bonchev–Trinajstić information content (AvgIpc) is 3.14. The molecule has 2 aliphatic rings. The van der Waals surface area contributed by atoms with Gasteiger partial charge in [0.2, 0.25) is 0 Å². The van der Waals surface area contributed by atoms with E-state index in [1.54, 1.807) is 0 Å². The van der Waals surface area contributed by atoms with Gasteiger partial charge < -0.3 is 19.6 Å². The van der Waals surface area contributed by atoms with Crippen molar-refractivity contribution in [2.75, 3.05) is 36.7 Å². The summed E-state index contributed by atoms with van der Waals surface area (Å²) in [5, 5.41) is 0. The van der Waals surface area contributed by atoms with E-state index in [9.17, 15) is 0 Å². The van der Waals surface area contributed by atoms with Crippen LogP contribution in [0.4, 0.5) is 11.4 Å². The second-order valence-electron chi connectivity index (χ2n) is 5.76. The van der Waals surface area contributed by atoms with Gasteiger partial charge in [-0.25, -0.2) is 0 Å². The zero-order chi connectivity index (χ0) is 14.7. The van der Waals surface area contributed by atoms with Gasteiger partial charge in [0.1, 0.15) is 0 Å². The Hall–Kier alpha value is -2.10. The zero-order valence-electron chi connectivity index (χ0n) is 12.9. The molecule has 0 amide bonds. The van der Waals surface area contributed by atoms with Crippen molar-refractivity contribution in [2.45, 2.75) is 19.8 Å². The summed E-state index contributed by atoms with van der Waals surface area (Å²) < 4.78 is 0. The first kappa shape index (κ1) is 13.9. The van der Waals surface area contributed by atoms with Gasteiger partial charge in [-0.3, -0.25) is 0 Å². The summed E-state index contributed by atoms with van der Waals surface area (Å²) in [7, 11) is 2.09. The summed E-state index contributed by atoms with van der Waals surface area (Å²) in [6.45, 7) is 5.26. The Bertz CT molecular complexity index is 537. The molecule has 0 aliphatic carbocycles. The van der Waals surface area contributed by atoms with E-state index >= 15 is 0 Å². The van der Waals surface area contributed by atoms with Crippen molar-refractivity contribution >= 4 is 11.4 Å². The quantitative estimate of drug-likeness (QED) is 0.823. The fourth-order valence-electron chi connectivity index (χ4n) is 2.69. The van der Waals surface area contributed by atoms with Crippen molar-refractivity contribution in [3.05, 3.63) is 49.1 Å². The standard InChI is InChI=1S/C17H24N4/c1-3-4-8-19-10-12-21(15-19)17-7-5-6-16(13-17)20-11-9-18(2)14-20/h5-7,9-13H,3-4,8,14-15H2,1-2H3. The number of benzene rings is 1. The van der Waals surface area contributed by atoms with Gasteiger partial charge in [-0.15, -0.1) is 0 Å². The first-order valence-corrected chi connectivity index (χ1v) is 7.70. The van der Waals surface area contributed by atoms with Crippen LogP contribution in [0.1, 0.15) is 19.8 Å². The Morgan fingerprint density at radius 2 is 1.67 bits per heavy atom. The van der Waals surface area contributed by atoms with Crippen LogP contribution in [0.5, 0.6) is 0 Å². The molecular formula is C17H24N4. The number of anilines is 2. The highest BCUT2D eigenvalue weighted by atomic mass is 15.3. The zero-order valence-corrected chi connectivity index (χ0v) is 12.9. The minimum absolute atomic E-state index is 0.919. The topological polar surface area (TPSA) is 13.0 Å². The molecule has 1 aromatic carbocycles. The SMILES string of the molecule is CCCCN1C=CN(c2cccc(N3C=CN(C)C3)c2)C1. The Labute approximate surface area is 127 Å². The number of hydrogen-bond donors (Lipinski definition) is 0. The number of nitrogens with zero attached hydrogens (tertiary/aromatic N) is 4. The van der Waals surface area contributed by atoms with Gasteiger partial charge in [-0.1, -0.05) is 19.4 Å². The van der Waals surface area contributed by atoms with Crippen LogP contribution in [-0.2, 0) is 0 Å². The maximum atomic E-state index is 2.37. The molecule has 2 heterocycles. The van der Waals surface area contributed by atoms with Crippen LogP contribution in [0.25, 0.3) is 0 Å². The Morgan fingerprint density at radius 1 is 0.952 bits per heavy atom. The minimum Gasteiger partial charge on any atom is -0.361 e. The molecule has 0 fully saturated rings. The summed E-state index contributed by atoms with van der Waals surface area (Å²) in [6.07, 6.45) is 11.1. The monoisotopic (exact) mass is 284 g/mol. The van der Waals surface area contributed by atoms with E-state index in [-0.39, 0.29) is 0 Å². The van der Waals surface area contributed by atoms with Crippen LogP contribution in [0.3, 0.4) is 0 Å². The van der Waals surface area contributed by atoms with Crippen LogP contribution < -0.4 is 9.80 Å². The number of rotatable bonds is 5. The molecule has 3 rings (SSSR count). The third-order valence-electron chi connectivity index (χ3n) is 3.96. The van der Waals surface area contributed by atoms with Gasteiger partial charge in [0.25, 0.3) is 0 Å². The van der Waals surface area contributed by atoms with Crippen molar-refractivity contribution in [3.8, 4) is 0 Å². The second kappa shape index (κ2) is 6.12. The van der Waals surface area contributed by atoms with Gasteiger partial charge in [-0.2, -0.15) is 0 Å². The second-order valence-corrected chi connectivity index (χ2v) is 5.76. The Morgan fingerprint density at radius 3 is 2.33 bits per heavy atom. The van der Waals surface area contributed by atoms with E-state index in [0.717, 1.165) is 19.9 Å². The van der Waals surface area contributed by atoms with Crippen molar-refractivity contribution in [3.63, 3.8) is 0 Å². The van der Waals surface area contributed by atoms with Crippen molar-refractivity contribution in [1.82, 2.24) is 9.80 Å². The minimum atomic E-state index is 0.919. The highest BCUT2D eigenvalue weighted by Gasteiger charge is 2.15. The normalized spacial score (nSPS) is 17.4. The lowest BCUT2D eigenvalue weighted by Crippen LogP contribution is -2.26. The van der Waals surface area contributed by atoms with Crippen LogP contribution >= 0.6 is 0 Å². The highest BCUT2D eigenvalue weighted by Crippen LogP contribution is 2.26. The molecule has 4 nitrogen and oxygen atoms in total. The van der Waals surface area contributed by atoms with Crippen LogP contribution in [0.2, 0.25) is 0 Å². The summed E-state index contributed by atoms with van der Waals surface area (Å²) in [5.74, 6) is 0. The lowest BCUT2D eigenvalue weighted by atomic mass is 10.2. The molecule has 0 saturated heterocycles. The molecule has 1 aromatic rings. The summed E-state index contributed by atoms with van der Waals surface area (Å²) in [4.78, 5) is 9.12. The molecule has 0 spiro atoms. The molecule has 0 atom stereocenters. The van der Waals surface area contributed by atoms with Gasteiger partial charge in [0, 0.05) is 49.8 Å². The molecule has 0 bridgehead atoms.